The molecule has 4 aromatic heterocycles. The first-order valence-corrected chi connectivity index (χ1v) is 11.4. The van der Waals surface area contributed by atoms with E-state index in [1.54, 1.807) is 35.3 Å². The van der Waals surface area contributed by atoms with Crippen LogP contribution in [0.15, 0.2) is 47.8 Å². The number of rotatable bonds is 4. The second kappa shape index (κ2) is 8.36. The van der Waals surface area contributed by atoms with Gasteiger partial charge in [-0.2, -0.15) is 0 Å². The number of aromatic nitrogens is 6. The van der Waals surface area contributed by atoms with Crippen LogP contribution in [0.4, 0.5) is 11.6 Å². The van der Waals surface area contributed by atoms with Crippen LogP contribution in [0.2, 0.25) is 10.0 Å². The fraction of sp³-hybridized carbons (Fsp3) is 0.182. The molecule has 1 aromatic carbocycles. The van der Waals surface area contributed by atoms with Gasteiger partial charge in [0, 0.05) is 25.3 Å². The molecule has 1 saturated heterocycles. The number of imidazole rings is 1. The summed E-state index contributed by atoms with van der Waals surface area (Å²) in [4.78, 5) is 31.9. The van der Waals surface area contributed by atoms with Gasteiger partial charge in [0.1, 0.15) is 18.2 Å². The molecular formula is C22H17Cl2N9O2. The first kappa shape index (κ1) is 21.6. The molecule has 1 aliphatic rings. The van der Waals surface area contributed by atoms with Gasteiger partial charge < -0.3 is 20.5 Å². The van der Waals surface area contributed by atoms with E-state index in [2.05, 4.69) is 30.4 Å². The molecule has 0 aliphatic carbocycles. The molecule has 0 spiro atoms. The molecule has 1 fully saturated rings. The first-order chi connectivity index (χ1) is 17.0. The van der Waals surface area contributed by atoms with Crippen molar-refractivity contribution in [3.8, 4) is 5.69 Å². The van der Waals surface area contributed by atoms with Crippen LogP contribution in [0.3, 0.4) is 0 Å². The predicted octanol–water partition coefficient (Wildman–Crippen LogP) is 3.25. The summed E-state index contributed by atoms with van der Waals surface area (Å²) in [5, 5.41) is 8.09. The topological polar surface area (TPSA) is 141 Å². The van der Waals surface area contributed by atoms with E-state index in [0.29, 0.717) is 56.6 Å². The number of pyridine rings is 1. The van der Waals surface area contributed by atoms with Crippen LogP contribution in [0.5, 0.6) is 0 Å². The molecule has 0 saturated carbocycles. The van der Waals surface area contributed by atoms with Crippen molar-refractivity contribution in [2.75, 3.05) is 23.7 Å². The summed E-state index contributed by atoms with van der Waals surface area (Å²) < 4.78 is 7.15. The lowest BCUT2D eigenvalue weighted by molar-refractivity contribution is 0.0940. The molecule has 1 atom stereocenters. The molecule has 11 nitrogen and oxygen atoms in total. The van der Waals surface area contributed by atoms with E-state index in [0.717, 1.165) is 12.1 Å². The Kier molecular flexibility index (Phi) is 5.15. The monoisotopic (exact) mass is 509 g/mol. The summed E-state index contributed by atoms with van der Waals surface area (Å²) in [5.74, 6) is 0.542. The van der Waals surface area contributed by atoms with Gasteiger partial charge in [0.25, 0.3) is 5.91 Å². The quantitative estimate of drug-likeness (QED) is 0.373. The number of hydrogen-bond acceptors (Lipinski definition) is 9. The molecule has 176 valence electrons. The van der Waals surface area contributed by atoms with Crippen LogP contribution in [0.1, 0.15) is 16.8 Å². The smallest absolute Gasteiger partial charge is 0.253 e. The number of anilines is 2. The molecule has 1 aliphatic heterocycles. The lowest BCUT2D eigenvalue weighted by Crippen LogP contribution is -2.37. The number of nitrogens with two attached hydrogens (primary N) is 1. The van der Waals surface area contributed by atoms with Gasteiger partial charge in [-0.25, -0.2) is 19.9 Å². The summed E-state index contributed by atoms with van der Waals surface area (Å²) in [6.07, 6.45) is 6.97. The highest BCUT2D eigenvalue weighted by molar-refractivity contribution is 6.36. The second-order valence-corrected chi connectivity index (χ2v) is 8.93. The standard InChI is InChI=1S/C22H17Cl2N9O2/c23-14-5-12(33-10-29-16-7-26-9-28-20(16)33)1-2-13(14)22(34)30-11-3-4-32(8-11)21-18-17(15(24)6-27-21)19(25)31-35-18/h1-2,5-7,9-11H,3-4,8H2,(H2,25,31)(H,30,34). The average Bonchev–Trinajstić information content (AvgIpc) is 3.58. The van der Waals surface area contributed by atoms with Gasteiger partial charge in [0.2, 0.25) is 5.58 Å². The van der Waals surface area contributed by atoms with Crippen molar-refractivity contribution < 1.29 is 9.32 Å². The average molecular weight is 510 g/mol. The third-order valence-corrected chi connectivity index (χ3v) is 6.57. The highest BCUT2D eigenvalue weighted by Gasteiger charge is 2.29. The number of nitrogen functional groups attached to an aromatic ring is 1. The van der Waals surface area contributed by atoms with Crippen LogP contribution in [-0.4, -0.2) is 54.7 Å². The second-order valence-electron chi connectivity index (χ2n) is 8.12. The Morgan fingerprint density at radius 1 is 1.17 bits per heavy atom. The lowest BCUT2D eigenvalue weighted by atomic mass is 10.1. The number of fused-ring (bicyclic) bond motifs is 2. The van der Waals surface area contributed by atoms with Crippen molar-refractivity contribution in [3.05, 3.63) is 58.9 Å². The van der Waals surface area contributed by atoms with Crippen molar-refractivity contribution in [3.63, 3.8) is 0 Å². The Morgan fingerprint density at radius 3 is 2.91 bits per heavy atom. The zero-order chi connectivity index (χ0) is 24.1. The lowest BCUT2D eigenvalue weighted by Gasteiger charge is -2.18. The van der Waals surface area contributed by atoms with E-state index in [1.807, 2.05) is 4.90 Å². The molecule has 0 bridgehead atoms. The Hall–Kier alpha value is -3.96. The van der Waals surface area contributed by atoms with Gasteiger partial charge >= 0.3 is 0 Å². The molecule has 35 heavy (non-hydrogen) atoms. The van der Waals surface area contributed by atoms with E-state index in [9.17, 15) is 4.79 Å². The Balaban J connectivity index is 1.19. The molecule has 5 aromatic rings. The Bertz CT molecular complexity index is 1600. The maximum absolute atomic E-state index is 13.0. The fourth-order valence-electron chi connectivity index (χ4n) is 4.28. The first-order valence-electron chi connectivity index (χ1n) is 10.7. The molecule has 3 N–H and O–H groups in total. The highest BCUT2D eigenvalue weighted by Crippen LogP contribution is 2.35. The van der Waals surface area contributed by atoms with Crippen molar-refractivity contribution >= 4 is 62.9 Å². The fourth-order valence-corrected chi connectivity index (χ4v) is 4.77. The minimum Gasteiger partial charge on any atom is -0.380 e. The van der Waals surface area contributed by atoms with Crippen LogP contribution in [-0.2, 0) is 0 Å². The third-order valence-electron chi connectivity index (χ3n) is 5.97. The minimum absolute atomic E-state index is 0.111. The Morgan fingerprint density at radius 2 is 2.06 bits per heavy atom. The van der Waals surface area contributed by atoms with Gasteiger partial charge in [0.15, 0.2) is 17.3 Å². The van der Waals surface area contributed by atoms with Crippen LogP contribution in [0, 0.1) is 0 Å². The predicted molar refractivity (Wildman–Crippen MR) is 131 cm³/mol. The van der Waals surface area contributed by atoms with E-state index in [4.69, 9.17) is 33.5 Å². The Labute approximate surface area is 207 Å². The molecular weight excluding hydrogens is 493 g/mol. The summed E-state index contributed by atoms with van der Waals surface area (Å²) in [6, 6.07) is 5.09. The summed E-state index contributed by atoms with van der Waals surface area (Å²) >= 11 is 12.7. The van der Waals surface area contributed by atoms with Gasteiger partial charge in [-0.05, 0) is 24.6 Å². The number of nitrogens with one attached hydrogen (secondary N) is 1. The largest absolute Gasteiger partial charge is 0.380 e. The summed E-state index contributed by atoms with van der Waals surface area (Å²) in [5.41, 5.74) is 8.73. The van der Waals surface area contributed by atoms with E-state index >= 15 is 0 Å². The maximum Gasteiger partial charge on any atom is 0.253 e. The van der Waals surface area contributed by atoms with E-state index in [1.165, 1.54) is 12.5 Å². The van der Waals surface area contributed by atoms with Gasteiger partial charge in [-0.15, -0.1) is 0 Å². The number of halogens is 2. The van der Waals surface area contributed by atoms with Gasteiger partial charge in [-0.1, -0.05) is 28.4 Å². The van der Waals surface area contributed by atoms with Gasteiger partial charge in [0.05, 0.1) is 32.9 Å². The zero-order valence-electron chi connectivity index (χ0n) is 18.0. The number of hydrogen-bond donors (Lipinski definition) is 2. The van der Waals surface area contributed by atoms with Crippen LogP contribution < -0.4 is 16.0 Å². The van der Waals surface area contributed by atoms with Crippen molar-refractivity contribution in [2.24, 2.45) is 0 Å². The number of benzene rings is 1. The minimum atomic E-state index is -0.260. The number of amides is 1. The normalized spacial score (nSPS) is 15.8. The number of carbonyl (C=O) groups is 1. The van der Waals surface area contributed by atoms with E-state index < -0.39 is 0 Å². The third kappa shape index (κ3) is 3.69. The maximum atomic E-state index is 13.0. The molecule has 0 radical (unpaired) electrons. The van der Waals surface area contributed by atoms with Crippen molar-refractivity contribution in [1.29, 1.82) is 0 Å². The highest BCUT2D eigenvalue weighted by atomic mass is 35.5. The SMILES string of the molecule is Nc1noc2c(N3CCC(NC(=O)c4ccc(-n5cnc6cncnc65)cc4Cl)C3)ncc(Cl)c12. The number of nitrogens with zero attached hydrogens (tertiary/aromatic N) is 7. The molecule has 1 amide bonds. The zero-order valence-corrected chi connectivity index (χ0v) is 19.5. The van der Waals surface area contributed by atoms with E-state index in [-0.39, 0.29) is 17.8 Å². The molecule has 6 rings (SSSR count). The molecule has 5 heterocycles. The number of carbonyl (C=O) groups excluding carboxylic acids is 1. The van der Waals surface area contributed by atoms with Crippen molar-refractivity contribution in [2.45, 2.75) is 12.5 Å². The summed E-state index contributed by atoms with van der Waals surface area (Å²) in [6.45, 7) is 1.20. The van der Waals surface area contributed by atoms with Crippen LogP contribution >= 0.6 is 23.2 Å². The molecule has 13 heteroatoms. The van der Waals surface area contributed by atoms with Crippen LogP contribution in [0.25, 0.3) is 27.8 Å². The molecule has 1 unspecified atom stereocenters. The van der Waals surface area contributed by atoms with Gasteiger partial charge in [-0.3, -0.25) is 9.36 Å². The van der Waals surface area contributed by atoms with Crippen molar-refractivity contribution in [1.82, 2.24) is 35.0 Å². The summed E-state index contributed by atoms with van der Waals surface area (Å²) in [7, 11) is 0.